The van der Waals surface area contributed by atoms with Gasteiger partial charge in [0.2, 0.25) is 5.91 Å². The molecule has 0 aromatic heterocycles. The van der Waals surface area contributed by atoms with Crippen LogP contribution >= 0.6 is 11.6 Å². The fourth-order valence-electron chi connectivity index (χ4n) is 4.19. The van der Waals surface area contributed by atoms with E-state index < -0.39 is 0 Å². The van der Waals surface area contributed by atoms with E-state index in [0.717, 1.165) is 44.2 Å². The molecule has 1 N–H and O–H groups in total. The highest BCUT2D eigenvalue weighted by Crippen LogP contribution is 2.29. The number of carbonyl (C=O) groups is 1. The summed E-state index contributed by atoms with van der Waals surface area (Å²) in [6.45, 7) is 10.0. The number of benzene rings is 1. The van der Waals surface area contributed by atoms with Crippen LogP contribution in [-0.2, 0) is 11.3 Å². The van der Waals surface area contributed by atoms with Crippen molar-refractivity contribution in [2.75, 3.05) is 32.7 Å². The smallest absolute Gasteiger partial charge is 0.234 e. The van der Waals surface area contributed by atoms with Gasteiger partial charge in [0, 0.05) is 43.8 Å². The van der Waals surface area contributed by atoms with Crippen molar-refractivity contribution in [3.8, 4) is 0 Å². The predicted octanol–water partition coefficient (Wildman–Crippen LogP) is 3.40. The quantitative estimate of drug-likeness (QED) is 0.854. The first-order valence-corrected chi connectivity index (χ1v) is 10.4. The number of rotatable bonds is 5. The zero-order valence-corrected chi connectivity index (χ0v) is 16.8. The molecule has 1 saturated heterocycles. The van der Waals surface area contributed by atoms with Gasteiger partial charge in [-0.05, 0) is 36.0 Å². The van der Waals surface area contributed by atoms with Crippen molar-refractivity contribution in [1.82, 2.24) is 15.1 Å². The van der Waals surface area contributed by atoms with E-state index in [0.29, 0.717) is 24.4 Å². The van der Waals surface area contributed by atoms with Gasteiger partial charge in [0.25, 0.3) is 0 Å². The van der Waals surface area contributed by atoms with E-state index in [4.69, 9.17) is 11.6 Å². The first kappa shape index (κ1) is 19.7. The van der Waals surface area contributed by atoms with Gasteiger partial charge >= 0.3 is 0 Å². The van der Waals surface area contributed by atoms with Gasteiger partial charge in [0.15, 0.2) is 0 Å². The number of piperazine rings is 1. The van der Waals surface area contributed by atoms with Crippen molar-refractivity contribution < 1.29 is 4.79 Å². The van der Waals surface area contributed by atoms with Gasteiger partial charge in [-0.3, -0.25) is 14.6 Å². The second-order valence-corrected chi connectivity index (χ2v) is 8.56. The Bertz CT molecular complexity index is 583. The van der Waals surface area contributed by atoms with E-state index >= 15 is 0 Å². The first-order chi connectivity index (χ1) is 12.5. The lowest BCUT2D eigenvalue weighted by Gasteiger charge is -2.36. The van der Waals surface area contributed by atoms with Gasteiger partial charge in [-0.15, -0.1) is 0 Å². The van der Waals surface area contributed by atoms with Crippen LogP contribution in [0, 0.1) is 11.8 Å². The minimum Gasteiger partial charge on any atom is -0.352 e. The largest absolute Gasteiger partial charge is 0.352 e. The molecule has 0 radical (unpaired) electrons. The zero-order chi connectivity index (χ0) is 18.5. The van der Waals surface area contributed by atoms with Crippen LogP contribution in [0.25, 0.3) is 0 Å². The molecule has 144 valence electrons. The highest BCUT2D eigenvalue weighted by atomic mass is 35.5. The van der Waals surface area contributed by atoms with Crippen LogP contribution < -0.4 is 5.32 Å². The Balaban J connectivity index is 1.39. The molecular formula is C21H32ClN3O. The average molecular weight is 378 g/mol. The number of hydrogen-bond donors (Lipinski definition) is 1. The number of halogens is 1. The monoisotopic (exact) mass is 377 g/mol. The summed E-state index contributed by atoms with van der Waals surface area (Å²) in [6.07, 6.45) is 3.66. The van der Waals surface area contributed by atoms with Gasteiger partial charge in [-0.2, -0.15) is 0 Å². The molecule has 0 spiro atoms. The molecule has 3 rings (SSSR count). The molecule has 3 atom stereocenters. The number of amides is 1. The molecule has 2 aliphatic rings. The van der Waals surface area contributed by atoms with E-state index in [9.17, 15) is 4.79 Å². The molecule has 1 aliphatic carbocycles. The minimum atomic E-state index is 0.196. The van der Waals surface area contributed by atoms with Crippen LogP contribution in [0.2, 0.25) is 5.02 Å². The minimum absolute atomic E-state index is 0.196. The van der Waals surface area contributed by atoms with Gasteiger partial charge in [-0.25, -0.2) is 0 Å². The molecule has 2 fully saturated rings. The summed E-state index contributed by atoms with van der Waals surface area (Å²) in [5, 5.41) is 4.08. The Labute approximate surface area is 162 Å². The topological polar surface area (TPSA) is 35.6 Å². The van der Waals surface area contributed by atoms with Crippen LogP contribution in [0.3, 0.4) is 0 Å². The molecule has 26 heavy (non-hydrogen) atoms. The average Bonchev–Trinajstić information content (AvgIpc) is 2.62. The van der Waals surface area contributed by atoms with E-state index in [1.807, 2.05) is 12.1 Å². The number of nitrogens with zero attached hydrogens (tertiary/aromatic N) is 2. The van der Waals surface area contributed by atoms with Crippen LogP contribution in [0.15, 0.2) is 24.3 Å². The zero-order valence-electron chi connectivity index (χ0n) is 16.1. The molecule has 0 unspecified atom stereocenters. The summed E-state index contributed by atoms with van der Waals surface area (Å²) in [6, 6.07) is 8.44. The summed E-state index contributed by atoms with van der Waals surface area (Å²) in [5.74, 6) is 1.50. The summed E-state index contributed by atoms with van der Waals surface area (Å²) >= 11 is 5.95. The predicted molar refractivity (Wildman–Crippen MR) is 107 cm³/mol. The Morgan fingerprint density at radius 3 is 2.42 bits per heavy atom. The van der Waals surface area contributed by atoms with Gasteiger partial charge in [0.1, 0.15) is 0 Å². The number of hydrogen-bond acceptors (Lipinski definition) is 3. The van der Waals surface area contributed by atoms with Gasteiger partial charge in [-0.1, -0.05) is 50.4 Å². The Hall–Kier alpha value is -1.10. The Morgan fingerprint density at radius 1 is 1.08 bits per heavy atom. The molecule has 1 aromatic carbocycles. The maximum absolute atomic E-state index is 12.5. The molecule has 1 saturated carbocycles. The lowest BCUT2D eigenvalue weighted by molar-refractivity contribution is -0.124. The van der Waals surface area contributed by atoms with Crippen molar-refractivity contribution in [3.63, 3.8) is 0 Å². The number of nitrogens with one attached hydrogen (secondary N) is 1. The lowest BCUT2D eigenvalue weighted by atomic mass is 9.78. The highest BCUT2D eigenvalue weighted by molar-refractivity contribution is 6.30. The second-order valence-electron chi connectivity index (χ2n) is 8.12. The molecule has 4 nitrogen and oxygen atoms in total. The molecule has 1 aliphatic heterocycles. The van der Waals surface area contributed by atoms with Crippen LogP contribution in [-0.4, -0.2) is 54.5 Å². The lowest BCUT2D eigenvalue weighted by Crippen LogP contribution is -2.51. The van der Waals surface area contributed by atoms with Crippen LogP contribution in [0.5, 0.6) is 0 Å². The van der Waals surface area contributed by atoms with Crippen molar-refractivity contribution in [1.29, 1.82) is 0 Å². The van der Waals surface area contributed by atoms with Crippen molar-refractivity contribution in [2.45, 2.75) is 45.7 Å². The summed E-state index contributed by atoms with van der Waals surface area (Å²) in [7, 11) is 0. The van der Waals surface area contributed by atoms with Crippen LogP contribution in [0.4, 0.5) is 0 Å². The SMILES string of the molecule is C[C@H]1[C@@H](NC(=O)CN2CCN(Cc3ccc(Cl)cc3)CC2)CCC[C@@H]1C. The number of carbonyl (C=O) groups excluding carboxylic acids is 1. The Kier molecular flexibility index (Phi) is 6.96. The highest BCUT2D eigenvalue weighted by Gasteiger charge is 2.28. The summed E-state index contributed by atoms with van der Waals surface area (Å²) in [4.78, 5) is 17.2. The molecular weight excluding hydrogens is 346 g/mol. The summed E-state index contributed by atoms with van der Waals surface area (Å²) < 4.78 is 0. The molecule has 1 heterocycles. The molecule has 1 amide bonds. The van der Waals surface area contributed by atoms with E-state index in [1.165, 1.54) is 18.4 Å². The first-order valence-electron chi connectivity index (χ1n) is 10.00. The van der Waals surface area contributed by atoms with Crippen molar-refractivity contribution in [3.05, 3.63) is 34.9 Å². The third kappa shape index (κ3) is 5.45. The molecule has 1 aromatic rings. The third-order valence-corrected chi connectivity index (χ3v) is 6.46. The van der Waals surface area contributed by atoms with Crippen molar-refractivity contribution in [2.24, 2.45) is 11.8 Å². The second kappa shape index (κ2) is 9.20. The normalized spacial score (nSPS) is 28.0. The standard InChI is InChI=1S/C21H32ClN3O/c1-16-4-3-5-20(17(16)2)23-21(26)15-25-12-10-24(11-13-25)14-18-6-8-19(22)9-7-18/h6-9,16-17,20H,3-5,10-15H2,1-2H3,(H,23,26)/t16-,17+,20-/m0/s1. The third-order valence-electron chi connectivity index (χ3n) is 6.20. The van der Waals surface area contributed by atoms with E-state index in [2.05, 4.69) is 41.1 Å². The molecule has 0 bridgehead atoms. The summed E-state index contributed by atoms with van der Waals surface area (Å²) in [5.41, 5.74) is 1.29. The maximum Gasteiger partial charge on any atom is 0.234 e. The fourth-order valence-corrected chi connectivity index (χ4v) is 4.32. The van der Waals surface area contributed by atoms with Gasteiger partial charge in [0.05, 0.1) is 6.54 Å². The van der Waals surface area contributed by atoms with Gasteiger partial charge < -0.3 is 5.32 Å². The van der Waals surface area contributed by atoms with E-state index in [1.54, 1.807) is 0 Å². The van der Waals surface area contributed by atoms with Crippen LogP contribution in [0.1, 0.15) is 38.7 Å². The maximum atomic E-state index is 12.5. The fraction of sp³-hybridized carbons (Fsp3) is 0.667. The van der Waals surface area contributed by atoms with E-state index in [-0.39, 0.29) is 5.91 Å². The Morgan fingerprint density at radius 2 is 1.73 bits per heavy atom. The molecule has 5 heteroatoms. The van der Waals surface area contributed by atoms with Crippen molar-refractivity contribution >= 4 is 17.5 Å².